The maximum Gasteiger partial charge on any atom is 0.166 e. The van der Waals surface area contributed by atoms with Crippen LogP contribution in [0.3, 0.4) is 0 Å². The summed E-state index contributed by atoms with van der Waals surface area (Å²) in [6.07, 6.45) is 6.91. The molecule has 0 spiro atoms. The van der Waals surface area contributed by atoms with Crippen molar-refractivity contribution in [3.05, 3.63) is 37.1 Å². The van der Waals surface area contributed by atoms with E-state index < -0.39 is 0 Å². The number of hydrogen-bond donors (Lipinski definition) is 1. The molecule has 0 saturated carbocycles. The molecule has 3 aromatic heterocycles. The predicted octanol–water partition coefficient (Wildman–Crippen LogP) is 2.75. The molecule has 0 radical (unpaired) electrons. The van der Waals surface area contributed by atoms with Crippen molar-refractivity contribution in [1.82, 2.24) is 24.7 Å². The smallest absolute Gasteiger partial charge is 0.166 e. The Morgan fingerprint density at radius 1 is 1.21 bits per heavy atom. The van der Waals surface area contributed by atoms with E-state index in [2.05, 4.69) is 35.7 Å². The fourth-order valence-electron chi connectivity index (χ4n) is 2.32. The van der Waals surface area contributed by atoms with Crippen molar-refractivity contribution in [2.75, 3.05) is 12.8 Å². The van der Waals surface area contributed by atoms with Crippen LogP contribution in [-0.4, -0.2) is 31.8 Å². The Labute approximate surface area is 140 Å². The molecule has 0 aliphatic heterocycles. The van der Waals surface area contributed by atoms with Gasteiger partial charge in [0.2, 0.25) is 0 Å². The number of rotatable bonds is 3. The highest BCUT2D eigenvalue weighted by atomic mass is 16.5. The third-order valence-electron chi connectivity index (χ3n) is 3.63. The van der Waals surface area contributed by atoms with Gasteiger partial charge in [0, 0.05) is 29.7 Å². The van der Waals surface area contributed by atoms with E-state index in [1.165, 1.54) is 6.33 Å². The molecular weight excluding hydrogens is 304 g/mol. The van der Waals surface area contributed by atoms with E-state index in [1.807, 2.05) is 23.0 Å². The number of aromatic nitrogens is 5. The zero-order chi connectivity index (χ0) is 17.3. The second kappa shape index (κ2) is 5.92. The molecule has 0 fully saturated rings. The van der Waals surface area contributed by atoms with Crippen molar-refractivity contribution in [3.8, 4) is 28.3 Å². The first-order chi connectivity index (χ1) is 11.4. The summed E-state index contributed by atoms with van der Waals surface area (Å²) < 4.78 is 7.20. The molecule has 0 bridgehead atoms. The summed E-state index contributed by atoms with van der Waals surface area (Å²) in [5.41, 5.74) is 8.95. The lowest BCUT2D eigenvalue weighted by molar-refractivity contribution is 0.356. The molecule has 3 rings (SSSR count). The van der Waals surface area contributed by atoms with Crippen molar-refractivity contribution in [3.63, 3.8) is 0 Å². The molecule has 2 N–H and O–H groups in total. The summed E-state index contributed by atoms with van der Waals surface area (Å²) in [6, 6.07) is 3.69. The molecule has 0 amide bonds. The van der Waals surface area contributed by atoms with Crippen LogP contribution in [0.4, 0.5) is 5.82 Å². The Hall–Kier alpha value is -2.96. The summed E-state index contributed by atoms with van der Waals surface area (Å²) in [6.45, 7) is 6.28. The molecule has 0 unspecified atom stereocenters. The molecule has 24 heavy (non-hydrogen) atoms. The predicted molar refractivity (Wildman–Crippen MR) is 92.4 cm³/mol. The molecule has 7 heteroatoms. The Morgan fingerprint density at radius 2 is 2.00 bits per heavy atom. The van der Waals surface area contributed by atoms with Crippen LogP contribution in [0.1, 0.15) is 20.8 Å². The molecular formula is C17H20N6O. The Kier molecular flexibility index (Phi) is 3.92. The van der Waals surface area contributed by atoms with Crippen molar-refractivity contribution >= 4 is 5.82 Å². The van der Waals surface area contributed by atoms with Crippen LogP contribution in [0.5, 0.6) is 5.75 Å². The van der Waals surface area contributed by atoms with Crippen LogP contribution in [0.25, 0.3) is 22.5 Å². The first-order valence-corrected chi connectivity index (χ1v) is 7.56. The highest BCUT2D eigenvalue weighted by Gasteiger charge is 2.21. The molecule has 0 saturated heterocycles. The van der Waals surface area contributed by atoms with Crippen molar-refractivity contribution < 1.29 is 4.74 Å². The van der Waals surface area contributed by atoms with Gasteiger partial charge in [0.05, 0.1) is 18.3 Å². The lowest BCUT2D eigenvalue weighted by Gasteiger charge is -2.18. The molecule has 124 valence electrons. The minimum Gasteiger partial charge on any atom is -0.493 e. The van der Waals surface area contributed by atoms with E-state index in [9.17, 15) is 0 Å². The van der Waals surface area contributed by atoms with Gasteiger partial charge in [0.1, 0.15) is 12.0 Å². The van der Waals surface area contributed by atoms with Gasteiger partial charge < -0.3 is 10.5 Å². The maximum atomic E-state index is 5.82. The Bertz CT molecular complexity index is 851. The van der Waals surface area contributed by atoms with Crippen molar-refractivity contribution in [2.45, 2.75) is 26.3 Å². The monoisotopic (exact) mass is 324 g/mol. The summed E-state index contributed by atoms with van der Waals surface area (Å²) in [5.74, 6) is 0.867. The van der Waals surface area contributed by atoms with E-state index in [4.69, 9.17) is 15.6 Å². The minimum absolute atomic E-state index is 0.161. The molecule has 0 aliphatic carbocycles. The minimum atomic E-state index is -0.161. The van der Waals surface area contributed by atoms with Crippen LogP contribution in [0, 0.1) is 0 Å². The van der Waals surface area contributed by atoms with Crippen LogP contribution in [0.2, 0.25) is 0 Å². The van der Waals surface area contributed by atoms with Crippen molar-refractivity contribution in [1.29, 1.82) is 0 Å². The van der Waals surface area contributed by atoms with Gasteiger partial charge in [-0.15, -0.1) is 0 Å². The molecule has 3 aromatic rings. The normalized spacial score (nSPS) is 11.5. The Balaban J connectivity index is 2.21. The van der Waals surface area contributed by atoms with Crippen LogP contribution < -0.4 is 10.5 Å². The van der Waals surface area contributed by atoms with Crippen LogP contribution >= 0.6 is 0 Å². The van der Waals surface area contributed by atoms with Gasteiger partial charge in [-0.2, -0.15) is 5.10 Å². The van der Waals surface area contributed by atoms with Gasteiger partial charge in [0.15, 0.2) is 11.6 Å². The number of nitrogen functional groups attached to an aromatic ring is 1. The average Bonchev–Trinajstić information content (AvgIpc) is 3.02. The second-order valence-corrected chi connectivity index (χ2v) is 6.41. The van der Waals surface area contributed by atoms with Gasteiger partial charge in [-0.1, -0.05) is 0 Å². The summed E-state index contributed by atoms with van der Waals surface area (Å²) in [7, 11) is 1.57. The molecule has 3 heterocycles. The average molecular weight is 324 g/mol. The Morgan fingerprint density at radius 3 is 2.62 bits per heavy atom. The topological polar surface area (TPSA) is 91.7 Å². The lowest BCUT2D eigenvalue weighted by Crippen LogP contribution is -2.22. The van der Waals surface area contributed by atoms with Crippen LogP contribution in [-0.2, 0) is 5.54 Å². The SMILES string of the molecule is COc1cc(-c2nn(C(C)(C)C)cc2-c2ccncn2)cnc1N. The van der Waals surface area contributed by atoms with E-state index in [1.54, 1.807) is 19.5 Å². The second-order valence-electron chi connectivity index (χ2n) is 6.41. The summed E-state index contributed by atoms with van der Waals surface area (Å²) >= 11 is 0. The third kappa shape index (κ3) is 2.92. The number of methoxy groups -OCH3 is 1. The zero-order valence-electron chi connectivity index (χ0n) is 14.2. The molecule has 7 nitrogen and oxygen atoms in total. The highest BCUT2D eigenvalue weighted by Crippen LogP contribution is 2.34. The standard InChI is InChI=1S/C17H20N6O/c1-17(2,3)23-9-12(13-5-6-19-10-21-13)15(22-23)11-7-14(24-4)16(18)20-8-11/h5-10H,1-4H3,(H2,18,20). The quantitative estimate of drug-likeness (QED) is 0.796. The van der Waals surface area contributed by atoms with Gasteiger partial charge in [-0.05, 0) is 32.9 Å². The highest BCUT2D eigenvalue weighted by molar-refractivity contribution is 5.79. The largest absolute Gasteiger partial charge is 0.493 e. The number of anilines is 1. The summed E-state index contributed by atoms with van der Waals surface area (Å²) in [5, 5.41) is 4.75. The fraction of sp³-hybridized carbons (Fsp3) is 0.294. The molecule has 0 aromatic carbocycles. The molecule has 0 atom stereocenters. The number of nitrogens with two attached hydrogens (primary N) is 1. The van der Waals surface area contributed by atoms with E-state index in [0.717, 1.165) is 22.5 Å². The van der Waals surface area contributed by atoms with Crippen molar-refractivity contribution in [2.24, 2.45) is 0 Å². The number of nitrogens with zero attached hydrogens (tertiary/aromatic N) is 5. The number of hydrogen-bond acceptors (Lipinski definition) is 6. The third-order valence-corrected chi connectivity index (χ3v) is 3.63. The first kappa shape index (κ1) is 15.9. The van der Waals surface area contributed by atoms with E-state index >= 15 is 0 Å². The zero-order valence-corrected chi connectivity index (χ0v) is 14.2. The lowest BCUT2D eigenvalue weighted by atomic mass is 10.1. The van der Waals surface area contributed by atoms with Gasteiger partial charge in [-0.3, -0.25) is 4.68 Å². The number of pyridine rings is 1. The van der Waals surface area contributed by atoms with Gasteiger partial charge in [0.25, 0.3) is 0 Å². The van der Waals surface area contributed by atoms with Crippen LogP contribution in [0.15, 0.2) is 37.1 Å². The summed E-state index contributed by atoms with van der Waals surface area (Å²) in [4.78, 5) is 12.5. The molecule has 0 aliphatic rings. The van der Waals surface area contributed by atoms with Gasteiger partial charge in [-0.25, -0.2) is 15.0 Å². The van der Waals surface area contributed by atoms with E-state index in [0.29, 0.717) is 11.6 Å². The van der Waals surface area contributed by atoms with E-state index in [-0.39, 0.29) is 5.54 Å². The maximum absolute atomic E-state index is 5.82. The number of ether oxygens (including phenoxy) is 1. The first-order valence-electron chi connectivity index (χ1n) is 7.56. The van der Waals surface area contributed by atoms with Gasteiger partial charge >= 0.3 is 0 Å². The fourth-order valence-corrected chi connectivity index (χ4v) is 2.32.